The quantitative estimate of drug-likeness (QED) is 0.335. The maximum atomic E-state index is 6.34. The fourth-order valence-electron chi connectivity index (χ4n) is 6.39. The highest BCUT2D eigenvalue weighted by atomic mass is 16.9. The van der Waals surface area contributed by atoms with Crippen LogP contribution in [0, 0.1) is 0 Å². The van der Waals surface area contributed by atoms with Crippen molar-refractivity contribution in [2.45, 2.75) is 128 Å². The van der Waals surface area contributed by atoms with Gasteiger partial charge in [-0.3, -0.25) is 0 Å². The Hall–Kier alpha value is -2.57. The van der Waals surface area contributed by atoms with E-state index >= 15 is 0 Å². The van der Waals surface area contributed by atoms with Crippen LogP contribution >= 0.6 is 0 Å². The summed E-state index contributed by atoms with van der Waals surface area (Å²) < 4.78 is 37.3. The molecule has 43 heavy (non-hydrogen) atoms. The Morgan fingerprint density at radius 3 is 2.42 bits per heavy atom. The summed E-state index contributed by atoms with van der Waals surface area (Å²) in [7, 11) is 0. The van der Waals surface area contributed by atoms with Gasteiger partial charge in [0.1, 0.15) is 31.0 Å². The van der Waals surface area contributed by atoms with Gasteiger partial charge in [0, 0.05) is 19.6 Å². The van der Waals surface area contributed by atoms with Crippen molar-refractivity contribution in [1.82, 2.24) is 15.0 Å². The van der Waals surface area contributed by atoms with Crippen LogP contribution in [0.2, 0.25) is 0 Å². The minimum absolute atomic E-state index is 0.163. The lowest BCUT2D eigenvalue weighted by atomic mass is 9.99. The average Bonchev–Trinajstić information content (AvgIpc) is 3.48. The molecule has 1 aromatic heterocycles. The third-order valence-corrected chi connectivity index (χ3v) is 8.46. The fraction of sp³-hybridized carbons (Fsp3) is 0.719. The summed E-state index contributed by atoms with van der Waals surface area (Å²) in [4.78, 5) is 16.4. The van der Waals surface area contributed by atoms with Crippen LogP contribution < -0.4 is 15.0 Å². The number of nitrogens with one attached hydrogen (secondary N) is 1. The molecule has 11 heteroatoms. The van der Waals surface area contributed by atoms with E-state index in [4.69, 9.17) is 38.4 Å². The van der Waals surface area contributed by atoms with Crippen LogP contribution in [0.15, 0.2) is 24.3 Å². The van der Waals surface area contributed by atoms with Gasteiger partial charge in [-0.05, 0) is 51.7 Å². The number of unbranched alkanes of at least 4 members (excludes halogenated alkanes) is 5. The molecule has 3 saturated heterocycles. The molecular formula is C32H47N5O6. The van der Waals surface area contributed by atoms with Crippen LogP contribution in [0.1, 0.15) is 84.3 Å². The molecule has 0 amide bonds. The molecule has 11 nitrogen and oxygen atoms in total. The Morgan fingerprint density at radius 2 is 1.58 bits per heavy atom. The Balaban J connectivity index is 1.16. The lowest BCUT2D eigenvalue weighted by Crippen LogP contribution is -2.56. The standard InChI is InChI=1S/C32H47N5O6/c1-6-7-8-9-10-13-17-33-28-34-29(37-18-16-21-14-11-12-15-22(21)19-37)36-30(35-28)38-20-23-24-25(41-31(2,3)40-24)26-27(39-23)43-32(4,5)42-26/h11-12,14-15,23-27H,6-10,13,16-20H2,1-5H3,(H,33,34,35,36)/t23-,24+,25+,26-,27-/m1/s1. The van der Waals surface area contributed by atoms with Crippen molar-refractivity contribution in [3.8, 4) is 6.01 Å². The molecule has 0 bridgehead atoms. The first-order valence-electron chi connectivity index (χ1n) is 16.0. The number of fused-ring (bicyclic) bond motifs is 4. The SMILES string of the molecule is CCCCCCCCNc1nc(OC[C@H]2O[C@@H]3OC(C)(C)O[C@@H]3[C@H]3OC(C)(C)O[C@H]32)nc(N2CCc3ccccc3C2)n1. The Bertz CT molecular complexity index is 1240. The zero-order chi connectivity index (χ0) is 30.0. The Labute approximate surface area is 255 Å². The number of nitrogens with zero attached hydrogens (tertiary/aromatic N) is 4. The van der Waals surface area contributed by atoms with Crippen molar-refractivity contribution in [2.75, 3.05) is 29.9 Å². The molecule has 0 radical (unpaired) electrons. The van der Waals surface area contributed by atoms with Crippen molar-refractivity contribution in [3.05, 3.63) is 35.4 Å². The van der Waals surface area contributed by atoms with Gasteiger partial charge in [-0.15, -0.1) is 0 Å². The summed E-state index contributed by atoms with van der Waals surface area (Å²) in [5.74, 6) is -0.437. The number of anilines is 2. The van der Waals surface area contributed by atoms with Gasteiger partial charge < -0.3 is 38.6 Å². The number of benzene rings is 1. The van der Waals surface area contributed by atoms with E-state index in [1.165, 1.54) is 43.2 Å². The summed E-state index contributed by atoms with van der Waals surface area (Å²) in [6.45, 7) is 12.3. The van der Waals surface area contributed by atoms with Crippen molar-refractivity contribution in [1.29, 1.82) is 0 Å². The van der Waals surface area contributed by atoms with Gasteiger partial charge in [0.15, 0.2) is 17.9 Å². The summed E-state index contributed by atoms with van der Waals surface area (Å²) in [5.41, 5.74) is 2.66. The molecule has 4 aliphatic heterocycles. The van der Waals surface area contributed by atoms with Crippen molar-refractivity contribution in [2.24, 2.45) is 0 Å². The monoisotopic (exact) mass is 597 g/mol. The molecule has 6 rings (SSSR count). The van der Waals surface area contributed by atoms with Crippen LogP contribution in [0.25, 0.3) is 0 Å². The van der Waals surface area contributed by atoms with Crippen molar-refractivity contribution in [3.63, 3.8) is 0 Å². The van der Waals surface area contributed by atoms with Gasteiger partial charge >= 0.3 is 6.01 Å². The second-order valence-electron chi connectivity index (χ2n) is 12.9. The third kappa shape index (κ3) is 7.23. The minimum atomic E-state index is -0.779. The topological polar surface area (TPSA) is 109 Å². The summed E-state index contributed by atoms with van der Waals surface area (Å²) >= 11 is 0. The number of hydrogen-bond acceptors (Lipinski definition) is 11. The minimum Gasteiger partial charge on any atom is -0.460 e. The van der Waals surface area contributed by atoms with Crippen LogP contribution in [0.3, 0.4) is 0 Å². The molecule has 4 aliphatic rings. The van der Waals surface area contributed by atoms with Crippen molar-refractivity contribution >= 4 is 11.9 Å². The maximum absolute atomic E-state index is 6.34. The van der Waals surface area contributed by atoms with E-state index in [0.717, 1.165) is 32.5 Å². The lowest BCUT2D eigenvalue weighted by Gasteiger charge is -2.36. The molecule has 1 N–H and O–H groups in total. The number of aromatic nitrogens is 3. The van der Waals surface area contributed by atoms with E-state index in [1.807, 2.05) is 27.7 Å². The largest absolute Gasteiger partial charge is 0.460 e. The zero-order valence-electron chi connectivity index (χ0n) is 26.2. The van der Waals surface area contributed by atoms with Gasteiger partial charge in [-0.2, -0.15) is 15.0 Å². The number of hydrogen-bond donors (Lipinski definition) is 1. The van der Waals surface area contributed by atoms with E-state index in [2.05, 4.69) is 46.4 Å². The van der Waals surface area contributed by atoms with Crippen LogP contribution in [-0.2, 0) is 36.6 Å². The highest BCUT2D eigenvalue weighted by Gasteiger charge is 2.60. The molecule has 5 atom stereocenters. The second-order valence-corrected chi connectivity index (χ2v) is 12.9. The molecule has 3 fully saturated rings. The van der Waals surface area contributed by atoms with Gasteiger partial charge in [-0.25, -0.2) is 0 Å². The molecule has 236 valence electrons. The molecule has 0 unspecified atom stereocenters. The Kier molecular flexibility index (Phi) is 9.07. The summed E-state index contributed by atoms with van der Waals surface area (Å²) in [6.07, 6.45) is 6.09. The fourth-order valence-corrected chi connectivity index (χ4v) is 6.39. The van der Waals surface area contributed by atoms with E-state index in [-0.39, 0.29) is 30.9 Å². The lowest BCUT2D eigenvalue weighted by molar-refractivity contribution is -0.238. The van der Waals surface area contributed by atoms with Crippen LogP contribution in [0.5, 0.6) is 6.01 Å². The van der Waals surface area contributed by atoms with E-state index in [0.29, 0.717) is 11.9 Å². The molecule has 0 spiro atoms. The first-order chi connectivity index (χ1) is 20.7. The van der Waals surface area contributed by atoms with Crippen molar-refractivity contribution < 1.29 is 28.4 Å². The average molecular weight is 598 g/mol. The molecule has 0 saturated carbocycles. The Morgan fingerprint density at radius 1 is 0.860 bits per heavy atom. The van der Waals surface area contributed by atoms with Gasteiger partial charge in [0.25, 0.3) is 0 Å². The zero-order valence-corrected chi connectivity index (χ0v) is 26.2. The highest BCUT2D eigenvalue weighted by Crippen LogP contribution is 2.44. The molecule has 5 heterocycles. The smallest absolute Gasteiger partial charge is 0.323 e. The first-order valence-corrected chi connectivity index (χ1v) is 16.0. The third-order valence-electron chi connectivity index (χ3n) is 8.46. The second kappa shape index (κ2) is 12.8. The van der Waals surface area contributed by atoms with E-state index in [9.17, 15) is 0 Å². The highest BCUT2D eigenvalue weighted by molar-refractivity contribution is 5.43. The number of rotatable bonds is 12. The van der Waals surface area contributed by atoms with E-state index < -0.39 is 24.0 Å². The summed E-state index contributed by atoms with van der Waals surface area (Å²) in [5, 5.41) is 3.42. The van der Waals surface area contributed by atoms with Gasteiger partial charge in [0.05, 0.1) is 0 Å². The van der Waals surface area contributed by atoms with Crippen LogP contribution in [-0.4, -0.2) is 76.9 Å². The van der Waals surface area contributed by atoms with E-state index in [1.54, 1.807) is 0 Å². The predicted molar refractivity (Wildman–Crippen MR) is 161 cm³/mol. The molecular weight excluding hydrogens is 550 g/mol. The number of ether oxygens (including phenoxy) is 6. The first kappa shape index (κ1) is 30.5. The van der Waals surface area contributed by atoms with Gasteiger partial charge in [0.2, 0.25) is 11.9 Å². The maximum Gasteiger partial charge on any atom is 0.323 e. The molecule has 2 aromatic rings. The summed E-state index contributed by atoms with van der Waals surface area (Å²) in [6, 6.07) is 8.79. The normalized spacial score (nSPS) is 28.7. The predicted octanol–water partition coefficient (Wildman–Crippen LogP) is 4.98. The molecule has 1 aromatic carbocycles. The van der Waals surface area contributed by atoms with Crippen LogP contribution in [0.4, 0.5) is 11.9 Å². The molecule has 0 aliphatic carbocycles. The van der Waals surface area contributed by atoms with Gasteiger partial charge in [-0.1, -0.05) is 63.3 Å².